The van der Waals surface area contributed by atoms with Crippen LogP contribution in [0.5, 0.6) is 0 Å². The normalized spacial score (nSPS) is 12.8. The Morgan fingerprint density at radius 1 is 0.650 bits per heavy atom. The molecule has 0 aliphatic carbocycles. The lowest BCUT2D eigenvalue weighted by atomic mass is 10.7. The fourth-order valence-corrected chi connectivity index (χ4v) is 5.78. The molecule has 0 aromatic heterocycles. The van der Waals surface area contributed by atoms with E-state index in [1.807, 2.05) is 27.7 Å². The molecular formula is C10H26N2O4P2S2. The van der Waals surface area contributed by atoms with Crippen molar-refractivity contribution in [3.63, 3.8) is 0 Å². The van der Waals surface area contributed by atoms with Crippen molar-refractivity contribution < 1.29 is 18.1 Å². The molecule has 0 spiro atoms. The third-order valence-electron chi connectivity index (χ3n) is 1.93. The Morgan fingerprint density at radius 2 is 0.900 bits per heavy atom. The minimum Gasteiger partial charge on any atom is -0.318 e. The first-order valence-electron chi connectivity index (χ1n) is 6.73. The van der Waals surface area contributed by atoms with Gasteiger partial charge < -0.3 is 18.1 Å². The molecule has 0 saturated carbocycles. The standard InChI is InChI=1S/C10H26N2O4P2S2/c1-5-13-17(19,14-6-2)11-9-10-12-18(20,15-7-3)16-8-4/h5-10H2,1-4H3,(H,11,19)(H,12,20). The summed E-state index contributed by atoms with van der Waals surface area (Å²) in [6.07, 6.45) is 0. The van der Waals surface area contributed by atoms with E-state index in [9.17, 15) is 0 Å². The average molecular weight is 364 g/mol. The van der Waals surface area contributed by atoms with E-state index in [0.29, 0.717) is 39.5 Å². The van der Waals surface area contributed by atoms with Gasteiger partial charge in [0.05, 0.1) is 26.4 Å². The second-order valence-electron chi connectivity index (χ2n) is 3.48. The lowest BCUT2D eigenvalue weighted by molar-refractivity contribution is 0.254. The molecule has 0 heterocycles. The van der Waals surface area contributed by atoms with E-state index < -0.39 is 13.3 Å². The van der Waals surface area contributed by atoms with Gasteiger partial charge in [0.2, 0.25) is 0 Å². The molecule has 0 amide bonds. The maximum absolute atomic E-state index is 5.48. The molecule has 0 bridgehead atoms. The Kier molecular flexibility index (Phi) is 12.2. The molecule has 20 heavy (non-hydrogen) atoms. The van der Waals surface area contributed by atoms with E-state index in [2.05, 4.69) is 10.2 Å². The highest BCUT2D eigenvalue weighted by Crippen LogP contribution is 2.45. The summed E-state index contributed by atoms with van der Waals surface area (Å²) in [7, 11) is 0. The van der Waals surface area contributed by atoms with Crippen molar-refractivity contribution in [1.82, 2.24) is 10.2 Å². The Morgan fingerprint density at radius 3 is 1.10 bits per heavy atom. The number of rotatable bonds is 13. The van der Waals surface area contributed by atoms with E-state index in [1.165, 1.54) is 0 Å². The average Bonchev–Trinajstić information content (AvgIpc) is 2.36. The smallest absolute Gasteiger partial charge is 0.261 e. The predicted molar refractivity (Wildman–Crippen MR) is 91.1 cm³/mol. The predicted octanol–water partition coefficient (Wildman–Crippen LogP) is 2.76. The zero-order chi connectivity index (χ0) is 15.5. The largest absolute Gasteiger partial charge is 0.318 e. The topological polar surface area (TPSA) is 61.0 Å². The zero-order valence-electron chi connectivity index (χ0n) is 12.6. The molecule has 0 fully saturated rings. The highest BCUT2D eigenvalue weighted by molar-refractivity contribution is 8.09. The molecule has 0 aliphatic rings. The summed E-state index contributed by atoms with van der Waals surface area (Å²) in [5.74, 6) is 0. The van der Waals surface area contributed by atoms with Crippen molar-refractivity contribution >= 4 is 36.9 Å². The first-order chi connectivity index (χ1) is 9.45. The summed E-state index contributed by atoms with van der Waals surface area (Å²) < 4.78 is 21.9. The summed E-state index contributed by atoms with van der Waals surface area (Å²) in [5.41, 5.74) is 0. The Bertz CT molecular complexity index is 295. The second-order valence-corrected chi connectivity index (χ2v) is 10.0. The lowest BCUT2D eigenvalue weighted by Crippen LogP contribution is -2.26. The van der Waals surface area contributed by atoms with Gasteiger partial charge in [0.1, 0.15) is 0 Å². The van der Waals surface area contributed by atoms with Gasteiger partial charge >= 0.3 is 0 Å². The summed E-state index contributed by atoms with van der Waals surface area (Å²) in [6, 6.07) is 0. The van der Waals surface area contributed by atoms with Gasteiger partial charge in [-0.25, -0.2) is 10.2 Å². The SMILES string of the molecule is CCOP(=S)(NCCNP(=S)(OCC)OCC)OCC. The highest BCUT2D eigenvalue weighted by atomic mass is 32.5. The van der Waals surface area contributed by atoms with E-state index >= 15 is 0 Å². The van der Waals surface area contributed by atoms with Crippen LogP contribution in [0.2, 0.25) is 0 Å². The van der Waals surface area contributed by atoms with E-state index in [4.69, 9.17) is 41.7 Å². The van der Waals surface area contributed by atoms with Gasteiger partial charge in [-0.05, 0) is 51.3 Å². The van der Waals surface area contributed by atoms with Crippen molar-refractivity contribution in [1.29, 1.82) is 0 Å². The quantitative estimate of drug-likeness (QED) is 0.382. The number of nitrogens with one attached hydrogen (secondary N) is 2. The summed E-state index contributed by atoms with van der Waals surface area (Å²) >= 11 is 10.7. The van der Waals surface area contributed by atoms with Gasteiger partial charge in [-0.3, -0.25) is 0 Å². The molecule has 0 aromatic carbocycles. The Hall–Kier alpha value is 1.06. The molecule has 0 unspecified atom stereocenters. The molecule has 0 radical (unpaired) electrons. The van der Waals surface area contributed by atoms with Crippen molar-refractivity contribution in [2.45, 2.75) is 27.7 Å². The fraction of sp³-hybridized carbons (Fsp3) is 1.00. The van der Waals surface area contributed by atoms with Crippen LogP contribution >= 0.6 is 13.3 Å². The van der Waals surface area contributed by atoms with Crippen molar-refractivity contribution in [2.24, 2.45) is 0 Å². The third-order valence-corrected chi connectivity index (χ3v) is 7.59. The van der Waals surface area contributed by atoms with Crippen LogP contribution in [0.1, 0.15) is 27.7 Å². The van der Waals surface area contributed by atoms with Crippen molar-refractivity contribution in [3.05, 3.63) is 0 Å². The van der Waals surface area contributed by atoms with Gasteiger partial charge in [-0.15, -0.1) is 0 Å². The van der Waals surface area contributed by atoms with E-state index in [1.54, 1.807) is 0 Å². The number of hydrogen-bond acceptors (Lipinski definition) is 6. The fourth-order valence-electron chi connectivity index (χ4n) is 1.32. The monoisotopic (exact) mass is 364 g/mol. The summed E-state index contributed by atoms with van der Waals surface area (Å²) in [6.45, 7) is 6.03. The van der Waals surface area contributed by atoms with Gasteiger partial charge in [-0.2, -0.15) is 0 Å². The molecule has 6 nitrogen and oxygen atoms in total. The Balaban J connectivity index is 4.20. The van der Waals surface area contributed by atoms with Crippen LogP contribution < -0.4 is 10.2 Å². The molecule has 0 rings (SSSR count). The molecule has 0 atom stereocenters. The maximum Gasteiger partial charge on any atom is 0.261 e. The molecule has 0 aliphatic heterocycles. The van der Waals surface area contributed by atoms with E-state index in [-0.39, 0.29) is 0 Å². The third kappa shape index (κ3) is 9.15. The molecule has 10 heteroatoms. The van der Waals surface area contributed by atoms with Crippen LogP contribution in [-0.2, 0) is 41.7 Å². The van der Waals surface area contributed by atoms with Crippen LogP contribution in [0, 0.1) is 0 Å². The van der Waals surface area contributed by atoms with Crippen LogP contribution in [0.25, 0.3) is 0 Å². The summed E-state index contributed by atoms with van der Waals surface area (Å²) in [5, 5.41) is 6.27. The minimum absolute atomic E-state index is 0.521. The van der Waals surface area contributed by atoms with Gasteiger partial charge in [0.15, 0.2) is 0 Å². The minimum atomic E-state index is -2.39. The molecule has 0 saturated heterocycles. The van der Waals surface area contributed by atoms with Crippen molar-refractivity contribution in [2.75, 3.05) is 39.5 Å². The lowest BCUT2D eigenvalue weighted by Gasteiger charge is -2.24. The van der Waals surface area contributed by atoms with E-state index in [0.717, 1.165) is 0 Å². The second kappa shape index (κ2) is 11.6. The highest BCUT2D eigenvalue weighted by Gasteiger charge is 2.19. The first kappa shape index (κ1) is 21.1. The number of hydrogen-bond donors (Lipinski definition) is 2. The molecule has 122 valence electrons. The van der Waals surface area contributed by atoms with Gasteiger partial charge in [-0.1, -0.05) is 0 Å². The van der Waals surface area contributed by atoms with Crippen LogP contribution in [0.4, 0.5) is 0 Å². The van der Waals surface area contributed by atoms with Crippen LogP contribution in [-0.4, -0.2) is 39.5 Å². The van der Waals surface area contributed by atoms with Crippen LogP contribution in [0.15, 0.2) is 0 Å². The van der Waals surface area contributed by atoms with Gasteiger partial charge in [0, 0.05) is 13.1 Å². The maximum atomic E-state index is 5.48. The Labute approximate surface area is 132 Å². The van der Waals surface area contributed by atoms with Gasteiger partial charge in [0.25, 0.3) is 13.3 Å². The summed E-state index contributed by atoms with van der Waals surface area (Å²) in [4.78, 5) is 0. The molecular weight excluding hydrogens is 338 g/mol. The zero-order valence-corrected chi connectivity index (χ0v) is 16.0. The molecule has 2 N–H and O–H groups in total. The van der Waals surface area contributed by atoms with Crippen LogP contribution in [0.3, 0.4) is 0 Å². The molecule has 0 aromatic rings. The van der Waals surface area contributed by atoms with Crippen molar-refractivity contribution in [3.8, 4) is 0 Å². The first-order valence-corrected chi connectivity index (χ1v) is 12.0.